The fourth-order valence-electron chi connectivity index (χ4n) is 2.75. The SMILES string of the molecule is CC1CC(C(NN)c2cccc(OC3CC3)c2)CO1. The molecule has 1 aliphatic carbocycles. The van der Waals surface area contributed by atoms with E-state index in [-0.39, 0.29) is 6.04 Å². The highest BCUT2D eigenvalue weighted by molar-refractivity contribution is 5.31. The van der Waals surface area contributed by atoms with Gasteiger partial charge in [-0.15, -0.1) is 0 Å². The van der Waals surface area contributed by atoms with Crippen molar-refractivity contribution in [1.29, 1.82) is 0 Å². The van der Waals surface area contributed by atoms with Crippen molar-refractivity contribution in [3.63, 3.8) is 0 Å². The molecular weight excluding hydrogens is 240 g/mol. The van der Waals surface area contributed by atoms with Crippen molar-refractivity contribution in [1.82, 2.24) is 5.43 Å². The number of nitrogens with one attached hydrogen (secondary N) is 1. The summed E-state index contributed by atoms with van der Waals surface area (Å²) >= 11 is 0. The summed E-state index contributed by atoms with van der Waals surface area (Å²) in [5, 5.41) is 0. The van der Waals surface area contributed by atoms with Crippen molar-refractivity contribution in [3.8, 4) is 5.75 Å². The standard InChI is InChI=1S/C15H22N2O2/c1-10-7-12(9-18-10)15(17-16)11-3-2-4-14(8-11)19-13-5-6-13/h2-4,8,10,12-13,15,17H,5-7,9,16H2,1H3. The van der Waals surface area contributed by atoms with Crippen molar-refractivity contribution in [2.24, 2.45) is 11.8 Å². The van der Waals surface area contributed by atoms with Crippen molar-refractivity contribution in [2.45, 2.75) is 44.4 Å². The molecule has 104 valence electrons. The van der Waals surface area contributed by atoms with Crippen molar-refractivity contribution >= 4 is 0 Å². The number of hydrogen-bond acceptors (Lipinski definition) is 4. The summed E-state index contributed by atoms with van der Waals surface area (Å²) in [7, 11) is 0. The predicted molar refractivity (Wildman–Crippen MR) is 73.7 cm³/mol. The van der Waals surface area contributed by atoms with Gasteiger partial charge in [-0.2, -0.15) is 0 Å². The first-order chi connectivity index (χ1) is 9.26. The molecule has 0 aromatic heterocycles. The molecule has 1 aromatic rings. The molecule has 0 spiro atoms. The third-order valence-corrected chi connectivity index (χ3v) is 3.92. The summed E-state index contributed by atoms with van der Waals surface area (Å²) in [4.78, 5) is 0. The lowest BCUT2D eigenvalue weighted by atomic mass is 9.91. The van der Waals surface area contributed by atoms with Crippen molar-refractivity contribution in [3.05, 3.63) is 29.8 Å². The molecule has 4 nitrogen and oxygen atoms in total. The summed E-state index contributed by atoms with van der Waals surface area (Å²) in [5.74, 6) is 7.13. The van der Waals surface area contributed by atoms with Gasteiger partial charge >= 0.3 is 0 Å². The van der Waals surface area contributed by atoms with Crippen molar-refractivity contribution in [2.75, 3.05) is 6.61 Å². The highest BCUT2D eigenvalue weighted by atomic mass is 16.5. The zero-order valence-corrected chi connectivity index (χ0v) is 11.3. The number of rotatable bonds is 5. The summed E-state index contributed by atoms with van der Waals surface area (Å²) in [6.45, 7) is 2.88. The molecule has 0 amide bonds. The van der Waals surface area contributed by atoms with E-state index in [2.05, 4.69) is 24.5 Å². The van der Waals surface area contributed by atoms with Gasteiger partial charge in [-0.25, -0.2) is 0 Å². The Morgan fingerprint density at radius 3 is 2.89 bits per heavy atom. The minimum Gasteiger partial charge on any atom is -0.490 e. The maximum atomic E-state index is 5.84. The maximum Gasteiger partial charge on any atom is 0.120 e. The number of nitrogens with two attached hydrogens (primary N) is 1. The van der Waals surface area contributed by atoms with Crippen LogP contribution in [0.3, 0.4) is 0 Å². The lowest BCUT2D eigenvalue weighted by molar-refractivity contribution is 0.117. The van der Waals surface area contributed by atoms with Crippen LogP contribution in [0.5, 0.6) is 5.75 Å². The second kappa shape index (κ2) is 5.49. The molecular formula is C15H22N2O2. The van der Waals surface area contributed by atoms with Crippen LogP contribution in [0, 0.1) is 5.92 Å². The second-order valence-corrected chi connectivity index (χ2v) is 5.67. The summed E-state index contributed by atoms with van der Waals surface area (Å²) in [6.07, 6.45) is 4.15. The number of benzene rings is 1. The highest BCUT2D eigenvalue weighted by Crippen LogP contribution is 2.33. The quantitative estimate of drug-likeness (QED) is 0.630. The first-order valence-corrected chi connectivity index (χ1v) is 7.10. The van der Waals surface area contributed by atoms with E-state index in [1.165, 1.54) is 18.4 Å². The predicted octanol–water partition coefficient (Wildman–Crippen LogP) is 2.16. The molecule has 0 bridgehead atoms. The van der Waals surface area contributed by atoms with Crippen LogP contribution in [0.1, 0.15) is 37.8 Å². The third kappa shape index (κ3) is 3.08. The van der Waals surface area contributed by atoms with Gasteiger partial charge in [-0.3, -0.25) is 11.3 Å². The van der Waals surface area contributed by atoms with Crippen LogP contribution in [0.25, 0.3) is 0 Å². The van der Waals surface area contributed by atoms with Crippen LogP contribution in [0.2, 0.25) is 0 Å². The zero-order valence-electron chi connectivity index (χ0n) is 11.3. The van der Waals surface area contributed by atoms with Crippen LogP contribution in [0.4, 0.5) is 0 Å². The summed E-state index contributed by atoms with van der Waals surface area (Å²) in [6, 6.07) is 8.39. The van der Waals surface area contributed by atoms with E-state index >= 15 is 0 Å². The van der Waals surface area contributed by atoms with E-state index in [0.29, 0.717) is 18.1 Å². The number of hydrazine groups is 1. The smallest absolute Gasteiger partial charge is 0.120 e. The van der Waals surface area contributed by atoms with Gasteiger partial charge in [0.15, 0.2) is 0 Å². The van der Waals surface area contributed by atoms with Gasteiger partial charge in [0.1, 0.15) is 5.75 Å². The van der Waals surface area contributed by atoms with E-state index in [0.717, 1.165) is 18.8 Å². The van der Waals surface area contributed by atoms with Gasteiger partial charge in [0, 0.05) is 5.92 Å². The molecule has 4 heteroatoms. The van der Waals surface area contributed by atoms with Gasteiger partial charge in [0.05, 0.1) is 24.9 Å². The molecule has 2 aliphatic rings. The van der Waals surface area contributed by atoms with Gasteiger partial charge in [0.25, 0.3) is 0 Å². The van der Waals surface area contributed by atoms with E-state index in [9.17, 15) is 0 Å². The van der Waals surface area contributed by atoms with E-state index in [4.69, 9.17) is 15.3 Å². The third-order valence-electron chi connectivity index (χ3n) is 3.92. The topological polar surface area (TPSA) is 56.5 Å². The Hall–Kier alpha value is -1.10. The highest BCUT2D eigenvalue weighted by Gasteiger charge is 2.30. The van der Waals surface area contributed by atoms with Gasteiger partial charge < -0.3 is 9.47 Å². The van der Waals surface area contributed by atoms with Crippen LogP contribution in [0.15, 0.2) is 24.3 Å². The zero-order chi connectivity index (χ0) is 13.2. The normalized spacial score (nSPS) is 28.3. The van der Waals surface area contributed by atoms with Crippen molar-refractivity contribution < 1.29 is 9.47 Å². The molecule has 1 saturated carbocycles. The van der Waals surface area contributed by atoms with Gasteiger partial charge in [0.2, 0.25) is 0 Å². The van der Waals surface area contributed by atoms with E-state index in [1.807, 2.05) is 12.1 Å². The number of ether oxygens (including phenoxy) is 2. The van der Waals surface area contributed by atoms with Crippen LogP contribution >= 0.6 is 0 Å². The first kappa shape index (κ1) is 12.9. The Kier molecular flexibility index (Phi) is 3.73. The second-order valence-electron chi connectivity index (χ2n) is 5.67. The molecule has 3 unspecified atom stereocenters. The van der Waals surface area contributed by atoms with Crippen LogP contribution in [-0.2, 0) is 4.74 Å². The minimum absolute atomic E-state index is 0.132. The maximum absolute atomic E-state index is 5.84. The Bertz CT molecular complexity index is 434. The Morgan fingerprint density at radius 1 is 1.42 bits per heavy atom. The lowest BCUT2D eigenvalue weighted by Crippen LogP contribution is -2.34. The van der Waals surface area contributed by atoms with Crippen LogP contribution in [-0.4, -0.2) is 18.8 Å². The van der Waals surface area contributed by atoms with Gasteiger partial charge in [-0.05, 0) is 43.9 Å². The largest absolute Gasteiger partial charge is 0.490 e. The first-order valence-electron chi connectivity index (χ1n) is 7.10. The lowest BCUT2D eigenvalue weighted by Gasteiger charge is -2.22. The average Bonchev–Trinajstić information content (AvgIpc) is 3.12. The molecule has 3 atom stereocenters. The molecule has 3 N–H and O–H groups in total. The van der Waals surface area contributed by atoms with Gasteiger partial charge in [-0.1, -0.05) is 12.1 Å². The number of hydrogen-bond donors (Lipinski definition) is 2. The Morgan fingerprint density at radius 2 is 2.26 bits per heavy atom. The molecule has 19 heavy (non-hydrogen) atoms. The molecule has 2 fully saturated rings. The molecule has 1 heterocycles. The monoisotopic (exact) mass is 262 g/mol. The molecule has 1 aromatic carbocycles. The molecule has 0 radical (unpaired) electrons. The van der Waals surface area contributed by atoms with E-state index in [1.54, 1.807) is 0 Å². The Balaban J connectivity index is 1.74. The minimum atomic E-state index is 0.132. The molecule has 1 aliphatic heterocycles. The average molecular weight is 262 g/mol. The fourth-order valence-corrected chi connectivity index (χ4v) is 2.75. The summed E-state index contributed by atoms with van der Waals surface area (Å²) < 4.78 is 11.5. The fraction of sp³-hybridized carbons (Fsp3) is 0.600. The van der Waals surface area contributed by atoms with E-state index < -0.39 is 0 Å². The Labute approximate surface area is 114 Å². The van der Waals surface area contributed by atoms with Crippen LogP contribution < -0.4 is 16.0 Å². The molecule has 3 rings (SSSR count). The summed E-state index contributed by atoms with van der Waals surface area (Å²) in [5.41, 5.74) is 4.13. The molecule has 1 saturated heterocycles.